The highest BCUT2D eigenvalue weighted by molar-refractivity contribution is 6.01. The lowest BCUT2D eigenvalue weighted by molar-refractivity contribution is -0.133. The van der Waals surface area contributed by atoms with Gasteiger partial charge < -0.3 is 5.32 Å². The topological polar surface area (TPSA) is 71.1 Å². The first-order valence-corrected chi connectivity index (χ1v) is 4.77. The van der Waals surface area contributed by atoms with Gasteiger partial charge in [-0.1, -0.05) is 6.07 Å². The van der Waals surface area contributed by atoms with Crippen LogP contribution < -0.4 is 10.6 Å². The van der Waals surface area contributed by atoms with E-state index in [9.17, 15) is 9.59 Å². The maximum absolute atomic E-state index is 11.4. The molecule has 2 amide bonds. The molecule has 2 heterocycles. The van der Waals surface area contributed by atoms with E-state index in [2.05, 4.69) is 15.6 Å². The van der Waals surface area contributed by atoms with Gasteiger partial charge in [-0.05, 0) is 18.6 Å². The number of carbonyl (C=O) groups excluding carboxylic acids is 2. The van der Waals surface area contributed by atoms with Crippen molar-refractivity contribution in [3.05, 3.63) is 24.4 Å². The molecule has 5 nitrogen and oxygen atoms in total. The molecule has 0 radical (unpaired) electrons. The van der Waals surface area contributed by atoms with E-state index < -0.39 is 0 Å². The van der Waals surface area contributed by atoms with Crippen LogP contribution in [0, 0.1) is 0 Å². The summed E-state index contributed by atoms with van der Waals surface area (Å²) in [5, 5.41) is 5.26. The Hall–Kier alpha value is -1.91. The van der Waals surface area contributed by atoms with Gasteiger partial charge in [-0.25, -0.2) is 4.98 Å². The first kappa shape index (κ1) is 9.64. The first-order valence-electron chi connectivity index (χ1n) is 4.77. The minimum Gasteiger partial charge on any atom is -0.358 e. The van der Waals surface area contributed by atoms with Crippen molar-refractivity contribution in [3.8, 4) is 0 Å². The molecule has 2 N–H and O–H groups in total. The number of nitrogens with one attached hydrogen (secondary N) is 2. The van der Waals surface area contributed by atoms with E-state index in [0.29, 0.717) is 18.7 Å². The molecule has 1 unspecified atom stereocenters. The summed E-state index contributed by atoms with van der Waals surface area (Å²) in [6.07, 6.45) is 2.53. The Morgan fingerprint density at radius 2 is 2.27 bits per heavy atom. The second-order valence-corrected chi connectivity index (χ2v) is 3.36. The Kier molecular flexibility index (Phi) is 2.62. The van der Waals surface area contributed by atoms with Crippen molar-refractivity contribution in [3.63, 3.8) is 0 Å². The van der Waals surface area contributed by atoms with Gasteiger partial charge in [0.1, 0.15) is 11.9 Å². The summed E-state index contributed by atoms with van der Waals surface area (Å²) >= 11 is 0. The Balaban J connectivity index is 2.01. The first-order chi connectivity index (χ1) is 7.25. The predicted molar refractivity (Wildman–Crippen MR) is 54.0 cm³/mol. The van der Waals surface area contributed by atoms with Gasteiger partial charge in [-0.3, -0.25) is 14.9 Å². The van der Waals surface area contributed by atoms with Crippen molar-refractivity contribution in [2.45, 2.75) is 18.9 Å². The second-order valence-electron chi connectivity index (χ2n) is 3.36. The Labute approximate surface area is 86.9 Å². The van der Waals surface area contributed by atoms with Crippen LogP contribution in [0.4, 0.5) is 5.82 Å². The minimum absolute atomic E-state index is 0.209. The minimum atomic E-state index is -0.363. The monoisotopic (exact) mass is 205 g/mol. The molecule has 78 valence electrons. The Morgan fingerprint density at radius 3 is 2.93 bits per heavy atom. The Bertz CT molecular complexity index is 378. The van der Waals surface area contributed by atoms with Gasteiger partial charge in [0, 0.05) is 12.6 Å². The smallest absolute Gasteiger partial charge is 0.249 e. The summed E-state index contributed by atoms with van der Waals surface area (Å²) in [4.78, 5) is 26.3. The van der Waals surface area contributed by atoms with Gasteiger partial charge in [0.25, 0.3) is 0 Å². The number of hydrogen-bond donors (Lipinski definition) is 2. The third kappa shape index (κ3) is 2.31. The van der Waals surface area contributed by atoms with Crippen LogP contribution in [0.15, 0.2) is 24.4 Å². The molecule has 1 saturated heterocycles. The maximum Gasteiger partial charge on any atom is 0.249 e. The molecule has 2 rings (SSSR count). The normalized spacial score (nSPS) is 20.9. The van der Waals surface area contributed by atoms with E-state index >= 15 is 0 Å². The van der Waals surface area contributed by atoms with Gasteiger partial charge in [0.2, 0.25) is 11.8 Å². The molecule has 1 atom stereocenters. The van der Waals surface area contributed by atoms with Crippen LogP contribution in [-0.2, 0) is 9.59 Å². The van der Waals surface area contributed by atoms with Crippen molar-refractivity contribution in [1.82, 2.24) is 10.3 Å². The molecular formula is C10H11N3O2. The van der Waals surface area contributed by atoms with Gasteiger partial charge in [0.15, 0.2) is 0 Å². The molecule has 1 aliphatic heterocycles. The van der Waals surface area contributed by atoms with E-state index in [0.717, 1.165) is 0 Å². The Morgan fingerprint density at radius 1 is 1.40 bits per heavy atom. The van der Waals surface area contributed by atoms with E-state index in [4.69, 9.17) is 0 Å². The van der Waals surface area contributed by atoms with Crippen LogP contribution in [0.25, 0.3) is 0 Å². The fourth-order valence-corrected chi connectivity index (χ4v) is 1.46. The van der Waals surface area contributed by atoms with E-state index in [1.54, 1.807) is 18.3 Å². The number of hydrogen-bond acceptors (Lipinski definition) is 4. The molecule has 0 spiro atoms. The molecule has 1 fully saturated rings. The lowest BCUT2D eigenvalue weighted by atomic mass is 10.1. The van der Waals surface area contributed by atoms with Crippen molar-refractivity contribution in [2.75, 3.05) is 5.32 Å². The highest BCUT2D eigenvalue weighted by atomic mass is 16.2. The third-order valence-corrected chi connectivity index (χ3v) is 2.23. The van der Waals surface area contributed by atoms with Crippen molar-refractivity contribution in [1.29, 1.82) is 0 Å². The van der Waals surface area contributed by atoms with Crippen molar-refractivity contribution >= 4 is 17.6 Å². The van der Waals surface area contributed by atoms with Crippen LogP contribution >= 0.6 is 0 Å². The second kappa shape index (κ2) is 4.08. The number of piperidine rings is 1. The van der Waals surface area contributed by atoms with Crippen molar-refractivity contribution < 1.29 is 9.59 Å². The van der Waals surface area contributed by atoms with E-state index in [1.165, 1.54) is 0 Å². The molecule has 1 aromatic rings. The summed E-state index contributed by atoms with van der Waals surface area (Å²) in [6.45, 7) is 0. The SMILES string of the molecule is O=C1CCC(Nc2ccccn2)C(=O)N1. The molecule has 1 aliphatic rings. The van der Waals surface area contributed by atoms with Crippen LogP contribution in [-0.4, -0.2) is 22.8 Å². The van der Waals surface area contributed by atoms with Crippen LogP contribution in [0.3, 0.4) is 0 Å². The molecule has 5 heteroatoms. The number of amides is 2. The summed E-state index contributed by atoms with van der Waals surface area (Å²) in [5.41, 5.74) is 0. The highest BCUT2D eigenvalue weighted by Crippen LogP contribution is 2.10. The van der Waals surface area contributed by atoms with Gasteiger partial charge >= 0.3 is 0 Å². The summed E-state index contributed by atoms with van der Waals surface area (Å²) in [7, 11) is 0. The lowest BCUT2D eigenvalue weighted by Gasteiger charge is -2.21. The van der Waals surface area contributed by atoms with Gasteiger partial charge in [-0.2, -0.15) is 0 Å². The number of aromatic nitrogens is 1. The number of carbonyl (C=O) groups is 2. The molecule has 0 bridgehead atoms. The maximum atomic E-state index is 11.4. The summed E-state index contributed by atoms with van der Waals surface area (Å²) in [6, 6.07) is 5.05. The van der Waals surface area contributed by atoms with Gasteiger partial charge in [-0.15, -0.1) is 0 Å². The fourth-order valence-electron chi connectivity index (χ4n) is 1.46. The molecule has 0 aromatic carbocycles. The van der Waals surface area contributed by atoms with Crippen LogP contribution in [0.5, 0.6) is 0 Å². The quantitative estimate of drug-likeness (QED) is 0.681. The predicted octanol–water partition coefficient (Wildman–Crippen LogP) is 0.299. The fraction of sp³-hybridized carbons (Fsp3) is 0.300. The highest BCUT2D eigenvalue weighted by Gasteiger charge is 2.26. The average Bonchev–Trinajstić information content (AvgIpc) is 2.24. The molecule has 1 aromatic heterocycles. The largest absolute Gasteiger partial charge is 0.358 e. The number of nitrogens with zero attached hydrogens (tertiary/aromatic N) is 1. The third-order valence-electron chi connectivity index (χ3n) is 2.23. The molecule has 0 aliphatic carbocycles. The molecule has 0 saturated carbocycles. The number of anilines is 1. The van der Waals surface area contributed by atoms with Crippen molar-refractivity contribution in [2.24, 2.45) is 0 Å². The zero-order valence-electron chi connectivity index (χ0n) is 8.06. The number of rotatable bonds is 2. The van der Waals surface area contributed by atoms with Crippen LogP contribution in [0.2, 0.25) is 0 Å². The van der Waals surface area contributed by atoms with Gasteiger partial charge in [0.05, 0.1) is 0 Å². The lowest BCUT2D eigenvalue weighted by Crippen LogP contribution is -2.47. The summed E-state index contributed by atoms with van der Waals surface area (Å²) < 4.78 is 0. The number of pyridine rings is 1. The van der Waals surface area contributed by atoms with E-state index in [1.807, 2.05) is 6.07 Å². The number of imide groups is 1. The van der Waals surface area contributed by atoms with E-state index in [-0.39, 0.29) is 17.9 Å². The molecular weight excluding hydrogens is 194 g/mol. The summed E-state index contributed by atoms with van der Waals surface area (Å²) in [5.74, 6) is 0.156. The van der Waals surface area contributed by atoms with Crippen LogP contribution in [0.1, 0.15) is 12.8 Å². The standard InChI is InChI=1S/C10H11N3O2/c14-9-5-4-7(10(15)13-9)12-8-3-1-2-6-11-8/h1-3,6-7H,4-5H2,(H,11,12)(H,13,14,15). The zero-order valence-corrected chi connectivity index (χ0v) is 8.06. The molecule has 15 heavy (non-hydrogen) atoms. The zero-order chi connectivity index (χ0) is 10.7. The average molecular weight is 205 g/mol.